The van der Waals surface area contributed by atoms with Crippen molar-refractivity contribution >= 4 is 12.2 Å². The van der Waals surface area contributed by atoms with Crippen LogP contribution in [0, 0.1) is 4.64 Å². The van der Waals surface area contributed by atoms with E-state index in [-0.39, 0.29) is 0 Å². The summed E-state index contributed by atoms with van der Waals surface area (Å²) >= 11 is 5.18. The standard InChI is InChI=1S/C12H10N6S/c1-18-7-8(6-15-18)9-5-10(19)17-12(16-9)11-13-3-2-4-14-11/h2-7H,1H3,(H,16,17,19). The molecule has 0 spiro atoms. The molecule has 0 aliphatic carbocycles. The van der Waals surface area contributed by atoms with Crippen LogP contribution in [0.5, 0.6) is 0 Å². The van der Waals surface area contributed by atoms with Gasteiger partial charge in [-0.1, -0.05) is 12.2 Å². The molecular formula is C12H10N6S. The van der Waals surface area contributed by atoms with Crippen LogP contribution in [0.25, 0.3) is 22.9 Å². The lowest BCUT2D eigenvalue weighted by atomic mass is 10.2. The first-order valence-electron chi connectivity index (χ1n) is 5.60. The molecule has 0 radical (unpaired) electrons. The lowest BCUT2D eigenvalue weighted by Crippen LogP contribution is -1.96. The molecule has 0 aliphatic heterocycles. The second kappa shape index (κ2) is 4.69. The molecule has 0 saturated carbocycles. The summed E-state index contributed by atoms with van der Waals surface area (Å²) < 4.78 is 2.21. The smallest absolute Gasteiger partial charge is 0.195 e. The Morgan fingerprint density at radius 1 is 1.26 bits per heavy atom. The van der Waals surface area contributed by atoms with Crippen molar-refractivity contribution < 1.29 is 0 Å². The van der Waals surface area contributed by atoms with Crippen molar-refractivity contribution in [3.63, 3.8) is 0 Å². The van der Waals surface area contributed by atoms with Crippen LogP contribution in [-0.2, 0) is 7.05 Å². The summed E-state index contributed by atoms with van der Waals surface area (Å²) in [6, 6.07) is 3.54. The number of aromatic amines is 1. The van der Waals surface area contributed by atoms with Crippen molar-refractivity contribution in [1.82, 2.24) is 29.7 Å². The maximum atomic E-state index is 5.18. The molecule has 0 unspecified atom stereocenters. The molecule has 0 bridgehead atoms. The molecule has 3 rings (SSSR count). The predicted octanol–water partition coefficient (Wildman–Crippen LogP) is 2.00. The minimum atomic E-state index is 0.486. The molecule has 0 aliphatic rings. The lowest BCUT2D eigenvalue weighted by Gasteiger charge is -2.02. The number of aryl methyl sites for hydroxylation is 1. The van der Waals surface area contributed by atoms with E-state index < -0.39 is 0 Å². The minimum Gasteiger partial charge on any atom is -0.336 e. The fourth-order valence-corrected chi connectivity index (χ4v) is 1.91. The molecule has 3 heterocycles. The van der Waals surface area contributed by atoms with Crippen molar-refractivity contribution in [2.45, 2.75) is 0 Å². The Balaban J connectivity index is 2.14. The molecule has 0 atom stereocenters. The van der Waals surface area contributed by atoms with Gasteiger partial charge >= 0.3 is 0 Å². The highest BCUT2D eigenvalue weighted by Crippen LogP contribution is 2.18. The van der Waals surface area contributed by atoms with Crippen molar-refractivity contribution in [3.05, 3.63) is 41.6 Å². The Bertz CT molecular complexity index is 761. The second-order valence-electron chi connectivity index (χ2n) is 3.96. The van der Waals surface area contributed by atoms with E-state index in [9.17, 15) is 0 Å². The second-order valence-corrected chi connectivity index (χ2v) is 4.38. The highest BCUT2D eigenvalue weighted by molar-refractivity contribution is 7.71. The van der Waals surface area contributed by atoms with Gasteiger partial charge in [0.15, 0.2) is 11.6 Å². The summed E-state index contributed by atoms with van der Waals surface area (Å²) in [5, 5.41) is 4.14. The van der Waals surface area contributed by atoms with Crippen LogP contribution in [-0.4, -0.2) is 29.7 Å². The van der Waals surface area contributed by atoms with Gasteiger partial charge in [0, 0.05) is 31.2 Å². The third-order valence-electron chi connectivity index (χ3n) is 2.54. The maximum absolute atomic E-state index is 5.18. The third-order valence-corrected chi connectivity index (χ3v) is 2.75. The zero-order chi connectivity index (χ0) is 13.2. The molecule has 7 heteroatoms. The monoisotopic (exact) mass is 270 g/mol. The van der Waals surface area contributed by atoms with Gasteiger partial charge in [-0.3, -0.25) is 4.68 Å². The van der Waals surface area contributed by atoms with Gasteiger partial charge in [0.05, 0.1) is 11.9 Å². The van der Waals surface area contributed by atoms with Gasteiger partial charge in [-0.2, -0.15) is 5.10 Å². The molecule has 1 N–H and O–H groups in total. The van der Waals surface area contributed by atoms with Crippen LogP contribution in [0.1, 0.15) is 0 Å². The van der Waals surface area contributed by atoms with E-state index in [0.717, 1.165) is 11.3 Å². The largest absolute Gasteiger partial charge is 0.336 e. The van der Waals surface area contributed by atoms with Crippen molar-refractivity contribution in [2.75, 3.05) is 0 Å². The highest BCUT2D eigenvalue weighted by atomic mass is 32.1. The Morgan fingerprint density at radius 3 is 2.74 bits per heavy atom. The zero-order valence-electron chi connectivity index (χ0n) is 10.1. The zero-order valence-corrected chi connectivity index (χ0v) is 10.9. The molecule has 0 saturated heterocycles. The summed E-state index contributed by atoms with van der Waals surface area (Å²) in [5.74, 6) is 1.06. The van der Waals surface area contributed by atoms with Gasteiger partial charge in [-0.05, 0) is 12.1 Å². The highest BCUT2D eigenvalue weighted by Gasteiger charge is 2.07. The van der Waals surface area contributed by atoms with E-state index in [2.05, 4.69) is 25.0 Å². The fraction of sp³-hybridized carbons (Fsp3) is 0.0833. The van der Waals surface area contributed by atoms with Crippen LogP contribution in [0.2, 0.25) is 0 Å². The molecule has 6 nitrogen and oxygen atoms in total. The summed E-state index contributed by atoms with van der Waals surface area (Å²) in [6.07, 6.45) is 6.99. The van der Waals surface area contributed by atoms with Crippen LogP contribution in [0.3, 0.4) is 0 Å². The van der Waals surface area contributed by atoms with Gasteiger partial charge in [0.25, 0.3) is 0 Å². The van der Waals surface area contributed by atoms with E-state index >= 15 is 0 Å². The lowest BCUT2D eigenvalue weighted by molar-refractivity contribution is 0.768. The number of nitrogens with one attached hydrogen (secondary N) is 1. The first-order chi connectivity index (χ1) is 9.22. The first-order valence-corrected chi connectivity index (χ1v) is 6.01. The number of nitrogens with zero attached hydrogens (tertiary/aromatic N) is 5. The quantitative estimate of drug-likeness (QED) is 0.721. The number of rotatable bonds is 2. The summed E-state index contributed by atoms with van der Waals surface area (Å²) in [4.78, 5) is 15.7. The Labute approximate surface area is 114 Å². The Kier molecular flexibility index (Phi) is 2.88. The average molecular weight is 270 g/mol. The van der Waals surface area contributed by atoms with Crippen LogP contribution >= 0.6 is 12.2 Å². The molecule has 0 aromatic carbocycles. The van der Waals surface area contributed by atoms with E-state index in [1.807, 2.05) is 13.2 Å². The molecule has 0 amide bonds. The van der Waals surface area contributed by atoms with Crippen LogP contribution in [0.15, 0.2) is 36.9 Å². The predicted molar refractivity (Wildman–Crippen MR) is 72.6 cm³/mol. The molecule has 19 heavy (non-hydrogen) atoms. The number of H-pyrrole nitrogens is 1. The summed E-state index contributed by atoms with van der Waals surface area (Å²) in [6.45, 7) is 0. The Morgan fingerprint density at radius 2 is 2.05 bits per heavy atom. The third kappa shape index (κ3) is 2.41. The normalized spacial score (nSPS) is 10.6. The van der Waals surface area contributed by atoms with E-state index in [4.69, 9.17) is 12.2 Å². The molecule has 3 aromatic rings. The molecule has 94 valence electrons. The number of hydrogen-bond donors (Lipinski definition) is 1. The van der Waals surface area contributed by atoms with Crippen molar-refractivity contribution in [1.29, 1.82) is 0 Å². The van der Waals surface area contributed by atoms with Gasteiger partial charge in [0.2, 0.25) is 0 Å². The van der Waals surface area contributed by atoms with Crippen molar-refractivity contribution in [3.8, 4) is 22.9 Å². The van der Waals surface area contributed by atoms with Gasteiger partial charge in [-0.15, -0.1) is 0 Å². The van der Waals surface area contributed by atoms with Crippen molar-refractivity contribution in [2.24, 2.45) is 7.05 Å². The summed E-state index contributed by atoms with van der Waals surface area (Å²) in [7, 11) is 1.86. The van der Waals surface area contributed by atoms with Gasteiger partial charge in [-0.25, -0.2) is 15.0 Å². The number of hydrogen-bond acceptors (Lipinski definition) is 5. The van der Waals surface area contributed by atoms with Gasteiger partial charge in [0.1, 0.15) is 4.64 Å². The van der Waals surface area contributed by atoms with E-state index in [0.29, 0.717) is 16.3 Å². The molecule has 3 aromatic heterocycles. The van der Waals surface area contributed by atoms with Crippen LogP contribution in [0.4, 0.5) is 0 Å². The SMILES string of the molecule is Cn1cc(-c2cc(=S)nc(-c3ncccn3)[nH]2)cn1. The van der Waals surface area contributed by atoms with Crippen LogP contribution < -0.4 is 0 Å². The topological polar surface area (TPSA) is 72.3 Å². The summed E-state index contributed by atoms with van der Waals surface area (Å²) in [5.41, 5.74) is 1.78. The first kappa shape index (κ1) is 11.7. The van der Waals surface area contributed by atoms with E-state index in [1.54, 1.807) is 35.4 Å². The molecular weight excluding hydrogens is 260 g/mol. The maximum Gasteiger partial charge on any atom is 0.195 e. The fourth-order valence-electron chi connectivity index (χ4n) is 1.70. The minimum absolute atomic E-state index is 0.486. The van der Waals surface area contributed by atoms with E-state index in [1.165, 1.54) is 0 Å². The molecule has 0 fully saturated rings. The number of aromatic nitrogens is 6. The van der Waals surface area contributed by atoms with Gasteiger partial charge < -0.3 is 4.98 Å². The average Bonchev–Trinajstić information content (AvgIpc) is 2.86. The Hall–Kier alpha value is -2.41.